The molecule has 0 aliphatic carbocycles. The Bertz CT molecular complexity index is 1050. The van der Waals surface area contributed by atoms with Crippen molar-refractivity contribution in [2.45, 2.75) is 32.5 Å². The van der Waals surface area contributed by atoms with E-state index in [1.807, 2.05) is 4.90 Å². The molecule has 0 atom stereocenters. The largest absolute Gasteiger partial charge is 0.433 e. The van der Waals surface area contributed by atoms with E-state index in [0.717, 1.165) is 18.9 Å². The summed E-state index contributed by atoms with van der Waals surface area (Å²) in [7, 11) is 0. The lowest BCUT2D eigenvalue weighted by molar-refractivity contribution is -0.141. The fourth-order valence-corrected chi connectivity index (χ4v) is 3.62. The molecule has 0 amide bonds. The quantitative estimate of drug-likeness (QED) is 0.742. The molecule has 0 spiro atoms. The normalized spacial score (nSPS) is 16.1. The molecular weight excluding hydrogens is 373 g/mol. The maximum atomic E-state index is 13.0. The van der Waals surface area contributed by atoms with Crippen LogP contribution in [0, 0.1) is 12.8 Å². The molecule has 1 aliphatic heterocycles. The van der Waals surface area contributed by atoms with Crippen molar-refractivity contribution in [2.24, 2.45) is 5.92 Å². The van der Waals surface area contributed by atoms with Gasteiger partial charge in [0, 0.05) is 31.9 Å². The van der Waals surface area contributed by atoms with Crippen molar-refractivity contribution in [2.75, 3.05) is 18.0 Å². The van der Waals surface area contributed by atoms with Gasteiger partial charge >= 0.3 is 11.9 Å². The molecule has 148 valence electrons. The maximum Gasteiger partial charge on any atom is 0.433 e. The third kappa shape index (κ3) is 3.58. The Morgan fingerprint density at radius 1 is 1.25 bits per heavy atom. The zero-order chi connectivity index (χ0) is 19.9. The molecule has 0 aromatic carbocycles. The van der Waals surface area contributed by atoms with Gasteiger partial charge in [0.2, 0.25) is 0 Å². The molecule has 3 aromatic rings. The topological polar surface area (TPSA) is 79.7 Å². The summed E-state index contributed by atoms with van der Waals surface area (Å²) in [5.74, 6) is 0.632. The maximum absolute atomic E-state index is 13.0. The van der Waals surface area contributed by atoms with E-state index < -0.39 is 11.9 Å². The number of pyridine rings is 1. The fraction of sp³-hybridized carbons (Fsp3) is 0.444. The van der Waals surface area contributed by atoms with Crippen molar-refractivity contribution in [3.8, 4) is 0 Å². The van der Waals surface area contributed by atoms with E-state index in [9.17, 15) is 18.0 Å². The lowest BCUT2D eigenvalue weighted by Crippen LogP contribution is -2.37. The van der Waals surface area contributed by atoms with E-state index in [1.54, 1.807) is 22.9 Å². The first kappa shape index (κ1) is 18.5. The lowest BCUT2D eigenvalue weighted by atomic mass is 9.96. The van der Waals surface area contributed by atoms with Gasteiger partial charge in [0.15, 0.2) is 5.65 Å². The minimum Gasteiger partial charge on any atom is -0.356 e. The molecule has 1 saturated heterocycles. The summed E-state index contributed by atoms with van der Waals surface area (Å²) in [6.07, 6.45) is -1.36. The van der Waals surface area contributed by atoms with Gasteiger partial charge in [-0.2, -0.15) is 13.2 Å². The number of alkyl halides is 3. The number of nitrogens with zero attached hydrogens (tertiary/aromatic N) is 5. The zero-order valence-electron chi connectivity index (χ0n) is 15.2. The fourth-order valence-electron chi connectivity index (χ4n) is 3.62. The van der Waals surface area contributed by atoms with E-state index >= 15 is 0 Å². The van der Waals surface area contributed by atoms with E-state index in [1.165, 1.54) is 6.92 Å². The number of rotatable bonds is 3. The number of imidazole rings is 1. The van der Waals surface area contributed by atoms with Crippen LogP contribution in [0.3, 0.4) is 0 Å². The van der Waals surface area contributed by atoms with Crippen LogP contribution in [-0.4, -0.2) is 37.6 Å². The van der Waals surface area contributed by atoms with Gasteiger partial charge in [-0.05, 0) is 37.8 Å². The van der Waals surface area contributed by atoms with Crippen LogP contribution in [0.2, 0.25) is 0 Å². The summed E-state index contributed by atoms with van der Waals surface area (Å²) >= 11 is 0. The average Bonchev–Trinajstić information content (AvgIpc) is 2.97. The molecule has 1 N–H and O–H groups in total. The monoisotopic (exact) mass is 392 g/mol. The number of aromatic amines is 1. The van der Waals surface area contributed by atoms with Crippen molar-refractivity contribution in [3.63, 3.8) is 0 Å². The molecule has 0 saturated carbocycles. The molecule has 1 aliphatic rings. The molecule has 4 rings (SSSR count). The number of halogens is 3. The molecule has 3 aromatic heterocycles. The van der Waals surface area contributed by atoms with Crippen molar-refractivity contribution in [1.29, 1.82) is 0 Å². The minimum atomic E-state index is -4.50. The van der Waals surface area contributed by atoms with Gasteiger partial charge in [0.1, 0.15) is 17.3 Å². The highest BCUT2D eigenvalue weighted by atomic mass is 19.4. The van der Waals surface area contributed by atoms with Gasteiger partial charge in [-0.3, -0.25) is 4.57 Å². The van der Waals surface area contributed by atoms with Gasteiger partial charge in [0.05, 0.1) is 5.52 Å². The Morgan fingerprint density at radius 2 is 2.00 bits per heavy atom. The van der Waals surface area contributed by atoms with Crippen molar-refractivity contribution in [1.82, 2.24) is 24.5 Å². The number of hydrogen-bond donors (Lipinski definition) is 1. The predicted octanol–water partition coefficient (Wildman–Crippen LogP) is 2.76. The summed E-state index contributed by atoms with van der Waals surface area (Å²) in [5.41, 5.74) is 0.197. The number of piperidine rings is 1. The number of fused-ring (bicyclic) bond motifs is 1. The Kier molecular flexibility index (Phi) is 4.56. The van der Waals surface area contributed by atoms with Crippen LogP contribution < -0.4 is 10.6 Å². The second kappa shape index (κ2) is 6.92. The molecule has 7 nitrogen and oxygen atoms in total. The van der Waals surface area contributed by atoms with E-state index in [2.05, 4.69) is 19.9 Å². The van der Waals surface area contributed by atoms with Crippen LogP contribution in [0.1, 0.15) is 24.4 Å². The van der Waals surface area contributed by atoms with Gasteiger partial charge in [-0.1, -0.05) is 0 Å². The summed E-state index contributed by atoms with van der Waals surface area (Å²) < 4.78 is 40.6. The SMILES string of the molecule is Cc1nc(N2CCC(Cn3c(=O)[nH]c4cccnc43)CC2)cc(C(F)(F)F)n1. The average molecular weight is 392 g/mol. The van der Waals surface area contributed by atoms with Crippen LogP contribution in [0.5, 0.6) is 0 Å². The smallest absolute Gasteiger partial charge is 0.356 e. The Balaban J connectivity index is 1.47. The van der Waals surface area contributed by atoms with Crippen LogP contribution in [0.4, 0.5) is 19.0 Å². The summed E-state index contributed by atoms with van der Waals surface area (Å²) in [6, 6.07) is 4.57. The Hall–Kier alpha value is -2.91. The van der Waals surface area contributed by atoms with Gasteiger partial charge in [-0.25, -0.2) is 19.7 Å². The van der Waals surface area contributed by atoms with Gasteiger partial charge in [0.25, 0.3) is 0 Å². The highest BCUT2D eigenvalue weighted by Gasteiger charge is 2.34. The minimum absolute atomic E-state index is 0.100. The van der Waals surface area contributed by atoms with Crippen LogP contribution >= 0.6 is 0 Å². The summed E-state index contributed by atoms with van der Waals surface area (Å²) in [5, 5.41) is 0. The molecule has 1 fully saturated rings. The standard InChI is InChI=1S/C18H19F3N6O/c1-11-23-14(18(19,20)21)9-15(24-11)26-7-4-12(5-8-26)10-27-16-13(25-17(27)28)3-2-6-22-16/h2-3,6,9,12H,4-5,7-8,10H2,1H3,(H,25,28). The van der Waals surface area contributed by atoms with E-state index in [-0.39, 0.29) is 17.4 Å². The molecular formula is C18H19F3N6O. The highest BCUT2D eigenvalue weighted by Crippen LogP contribution is 2.31. The molecule has 0 radical (unpaired) electrons. The van der Waals surface area contributed by atoms with Crippen LogP contribution in [0.15, 0.2) is 29.2 Å². The number of anilines is 1. The first-order chi connectivity index (χ1) is 13.3. The Morgan fingerprint density at radius 3 is 2.71 bits per heavy atom. The van der Waals surface area contributed by atoms with Crippen molar-refractivity contribution < 1.29 is 13.2 Å². The molecule has 0 bridgehead atoms. The second-order valence-electron chi connectivity index (χ2n) is 7.00. The lowest BCUT2D eigenvalue weighted by Gasteiger charge is -2.33. The van der Waals surface area contributed by atoms with E-state index in [4.69, 9.17) is 0 Å². The predicted molar refractivity (Wildman–Crippen MR) is 97.1 cm³/mol. The third-order valence-corrected chi connectivity index (χ3v) is 5.02. The number of aromatic nitrogens is 5. The molecule has 10 heteroatoms. The Labute approximate surface area is 158 Å². The number of H-pyrrole nitrogens is 1. The molecule has 28 heavy (non-hydrogen) atoms. The van der Waals surface area contributed by atoms with Crippen LogP contribution in [0.25, 0.3) is 11.2 Å². The van der Waals surface area contributed by atoms with Gasteiger partial charge in [-0.15, -0.1) is 0 Å². The zero-order valence-corrected chi connectivity index (χ0v) is 15.2. The van der Waals surface area contributed by atoms with Crippen molar-refractivity contribution in [3.05, 3.63) is 46.4 Å². The number of hydrogen-bond acceptors (Lipinski definition) is 5. The van der Waals surface area contributed by atoms with Gasteiger partial charge < -0.3 is 9.88 Å². The number of nitrogens with one attached hydrogen (secondary N) is 1. The molecule has 4 heterocycles. The van der Waals surface area contributed by atoms with E-state index in [0.29, 0.717) is 36.6 Å². The first-order valence-electron chi connectivity index (χ1n) is 9.02. The highest BCUT2D eigenvalue weighted by molar-refractivity contribution is 5.69. The third-order valence-electron chi connectivity index (χ3n) is 5.02. The first-order valence-corrected chi connectivity index (χ1v) is 9.02. The van der Waals surface area contributed by atoms with Crippen LogP contribution in [-0.2, 0) is 12.7 Å². The summed E-state index contributed by atoms with van der Waals surface area (Å²) in [6.45, 7) is 3.13. The summed E-state index contributed by atoms with van der Waals surface area (Å²) in [4.78, 5) is 28.8. The second-order valence-corrected chi connectivity index (χ2v) is 7.00. The van der Waals surface area contributed by atoms with Crippen molar-refractivity contribution >= 4 is 17.0 Å². The molecule has 0 unspecified atom stereocenters. The number of aryl methyl sites for hydroxylation is 1.